The first kappa shape index (κ1) is 21.1. The van der Waals surface area contributed by atoms with Crippen LogP contribution in [0.4, 0.5) is 0 Å². The number of aryl methyl sites for hydroxylation is 1. The number of ether oxygens (including phenoxy) is 1. The highest BCUT2D eigenvalue weighted by molar-refractivity contribution is 5.68. The summed E-state index contributed by atoms with van der Waals surface area (Å²) in [7, 11) is 0. The van der Waals surface area contributed by atoms with Gasteiger partial charge in [0.15, 0.2) is 12.7 Å². The summed E-state index contributed by atoms with van der Waals surface area (Å²) in [6.07, 6.45) is 4.20. The van der Waals surface area contributed by atoms with Crippen molar-refractivity contribution in [2.45, 2.75) is 25.4 Å². The van der Waals surface area contributed by atoms with Crippen molar-refractivity contribution in [2.75, 3.05) is 6.61 Å². The highest BCUT2D eigenvalue weighted by Crippen LogP contribution is 2.25. The third-order valence-electron chi connectivity index (χ3n) is 4.53. The molecule has 0 fully saturated rings. The van der Waals surface area contributed by atoms with Gasteiger partial charge in [-0.05, 0) is 48.1 Å². The van der Waals surface area contributed by atoms with E-state index >= 15 is 0 Å². The Morgan fingerprint density at radius 2 is 1.50 bits per heavy atom. The Labute approximate surface area is 176 Å². The SMILES string of the molecule is O=C(O)COc1ccc(CCC/C=N/OC(c2ccccc2)c2ccccc2)cc1. The maximum absolute atomic E-state index is 10.5. The molecule has 0 amide bonds. The number of carbonyl (C=O) groups is 1. The fourth-order valence-electron chi connectivity index (χ4n) is 3.02. The smallest absolute Gasteiger partial charge is 0.341 e. The minimum Gasteiger partial charge on any atom is -0.482 e. The van der Waals surface area contributed by atoms with Crippen LogP contribution in [0.15, 0.2) is 90.1 Å². The summed E-state index contributed by atoms with van der Waals surface area (Å²) in [6.45, 7) is -0.331. The molecule has 0 aliphatic carbocycles. The number of unbranched alkanes of at least 4 members (excludes halogenated alkanes) is 1. The van der Waals surface area contributed by atoms with E-state index in [9.17, 15) is 4.79 Å². The van der Waals surface area contributed by atoms with Gasteiger partial charge in [0, 0.05) is 6.21 Å². The Kier molecular flexibility index (Phi) is 8.03. The summed E-state index contributed by atoms with van der Waals surface area (Å²) in [5, 5.41) is 12.8. The number of carboxylic acid groups (broad SMARTS) is 1. The third-order valence-corrected chi connectivity index (χ3v) is 4.53. The van der Waals surface area contributed by atoms with Crippen LogP contribution in [-0.4, -0.2) is 23.9 Å². The lowest BCUT2D eigenvalue weighted by Gasteiger charge is -2.15. The van der Waals surface area contributed by atoms with Gasteiger partial charge >= 0.3 is 5.97 Å². The molecular weight excluding hydrogens is 378 g/mol. The fraction of sp³-hybridized carbons (Fsp3) is 0.200. The van der Waals surface area contributed by atoms with Crippen molar-refractivity contribution in [1.29, 1.82) is 0 Å². The normalized spacial score (nSPS) is 11.0. The van der Waals surface area contributed by atoms with Crippen LogP contribution in [0.1, 0.15) is 35.6 Å². The molecule has 5 heteroatoms. The maximum Gasteiger partial charge on any atom is 0.341 e. The lowest BCUT2D eigenvalue weighted by molar-refractivity contribution is -0.139. The molecule has 3 aromatic rings. The number of hydrogen-bond acceptors (Lipinski definition) is 4. The van der Waals surface area contributed by atoms with Gasteiger partial charge in [-0.2, -0.15) is 0 Å². The first-order valence-electron chi connectivity index (χ1n) is 9.93. The largest absolute Gasteiger partial charge is 0.482 e. The lowest BCUT2D eigenvalue weighted by Crippen LogP contribution is -2.09. The van der Waals surface area contributed by atoms with Gasteiger partial charge in [0.2, 0.25) is 0 Å². The van der Waals surface area contributed by atoms with Gasteiger partial charge < -0.3 is 14.7 Å². The van der Waals surface area contributed by atoms with E-state index in [4.69, 9.17) is 14.7 Å². The van der Waals surface area contributed by atoms with Crippen molar-refractivity contribution < 1.29 is 19.5 Å². The molecule has 154 valence electrons. The van der Waals surface area contributed by atoms with Gasteiger partial charge in [-0.15, -0.1) is 0 Å². The summed E-state index contributed by atoms with van der Waals surface area (Å²) in [5.41, 5.74) is 3.29. The number of carboxylic acids is 1. The van der Waals surface area contributed by atoms with Gasteiger partial charge in [0.1, 0.15) is 5.75 Å². The van der Waals surface area contributed by atoms with E-state index in [1.165, 1.54) is 5.56 Å². The van der Waals surface area contributed by atoms with Crippen molar-refractivity contribution in [1.82, 2.24) is 0 Å². The van der Waals surface area contributed by atoms with E-state index < -0.39 is 5.97 Å². The zero-order valence-corrected chi connectivity index (χ0v) is 16.7. The first-order chi connectivity index (χ1) is 14.7. The minimum absolute atomic E-state index is 0.234. The molecule has 0 aliphatic heterocycles. The molecule has 1 N–H and O–H groups in total. The average Bonchev–Trinajstić information content (AvgIpc) is 2.79. The number of hydrogen-bond donors (Lipinski definition) is 1. The molecule has 0 spiro atoms. The van der Waals surface area contributed by atoms with Gasteiger partial charge in [0.25, 0.3) is 0 Å². The first-order valence-corrected chi connectivity index (χ1v) is 9.93. The van der Waals surface area contributed by atoms with Crippen molar-refractivity contribution in [2.24, 2.45) is 5.16 Å². The van der Waals surface area contributed by atoms with Gasteiger partial charge in [-0.3, -0.25) is 0 Å². The topological polar surface area (TPSA) is 68.1 Å². The second kappa shape index (κ2) is 11.4. The van der Waals surface area contributed by atoms with Crippen molar-refractivity contribution in [3.8, 4) is 5.75 Å². The molecule has 0 bridgehead atoms. The number of aliphatic carboxylic acids is 1. The summed E-state index contributed by atoms with van der Waals surface area (Å²) >= 11 is 0. The predicted molar refractivity (Wildman–Crippen MR) is 117 cm³/mol. The fourth-order valence-corrected chi connectivity index (χ4v) is 3.02. The molecule has 3 rings (SSSR count). The van der Waals surface area contributed by atoms with Crippen LogP contribution in [0.3, 0.4) is 0 Å². The Morgan fingerprint density at radius 1 is 0.900 bits per heavy atom. The number of benzene rings is 3. The van der Waals surface area contributed by atoms with E-state index in [1.807, 2.05) is 79.0 Å². The third kappa shape index (κ3) is 6.78. The highest BCUT2D eigenvalue weighted by atomic mass is 16.6. The van der Waals surface area contributed by atoms with Gasteiger partial charge in [0.05, 0.1) is 0 Å². The number of rotatable bonds is 11. The molecule has 3 aromatic carbocycles. The summed E-state index contributed by atoms with van der Waals surface area (Å²) in [4.78, 5) is 16.4. The highest BCUT2D eigenvalue weighted by Gasteiger charge is 2.14. The van der Waals surface area contributed by atoms with Crippen LogP contribution in [0, 0.1) is 0 Å². The lowest BCUT2D eigenvalue weighted by atomic mass is 10.0. The Hall–Kier alpha value is -3.60. The average molecular weight is 403 g/mol. The molecule has 0 saturated heterocycles. The van der Waals surface area contributed by atoms with Gasteiger partial charge in [-0.25, -0.2) is 4.79 Å². The van der Waals surface area contributed by atoms with Crippen LogP contribution in [0.2, 0.25) is 0 Å². The van der Waals surface area contributed by atoms with Crippen molar-refractivity contribution >= 4 is 12.2 Å². The second-order valence-electron chi connectivity index (χ2n) is 6.81. The molecular formula is C25H25NO4. The summed E-state index contributed by atoms with van der Waals surface area (Å²) in [5.74, 6) is -0.425. The zero-order valence-electron chi connectivity index (χ0n) is 16.7. The quantitative estimate of drug-likeness (QED) is 0.269. The van der Waals surface area contributed by atoms with E-state index in [-0.39, 0.29) is 12.7 Å². The predicted octanol–water partition coefficient (Wildman–Crippen LogP) is 5.26. The Bertz CT molecular complexity index is 885. The molecule has 0 aromatic heterocycles. The molecule has 30 heavy (non-hydrogen) atoms. The number of oxime groups is 1. The Balaban J connectivity index is 1.47. The molecule has 0 aliphatic rings. The van der Waals surface area contributed by atoms with Gasteiger partial charge in [-0.1, -0.05) is 78.0 Å². The van der Waals surface area contributed by atoms with Crippen LogP contribution in [0.5, 0.6) is 5.75 Å². The molecule has 5 nitrogen and oxygen atoms in total. The minimum atomic E-state index is -0.984. The molecule has 0 saturated carbocycles. The van der Waals surface area contributed by atoms with Crippen LogP contribution < -0.4 is 4.74 Å². The molecule has 0 heterocycles. The van der Waals surface area contributed by atoms with E-state index in [1.54, 1.807) is 12.1 Å². The zero-order chi connectivity index (χ0) is 21.0. The van der Waals surface area contributed by atoms with Crippen molar-refractivity contribution in [3.05, 3.63) is 102 Å². The summed E-state index contributed by atoms with van der Waals surface area (Å²) < 4.78 is 5.14. The standard InChI is InChI=1S/C25H25NO4/c27-24(28)19-29-23-16-14-20(15-17-23)9-7-8-18-26-30-25(21-10-3-1-4-11-21)22-12-5-2-6-13-22/h1-6,10-18,25H,7-9,19H2,(H,27,28)/b26-18+. The van der Waals surface area contributed by atoms with E-state index in [0.29, 0.717) is 5.75 Å². The molecule has 0 atom stereocenters. The van der Waals surface area contributed by atoms with Crippen LogP contribution >= 0.6 is 0 Å². The monoisotopic (exact) mass is 403 g/mol. The van der Waals surface area contributed by atoms with Crippen molar-refractivity contribution in [3.63, 3.8) is 0 Å². The van der Waals surface area contributed by atoms with Crippen LogP contribution in [-0.2, 0) is 16.1 Å². The maximum atomic E-state index is 10.5. The number of nitrogens with zero attached hydrogens (tertiary/aromatic N) is 1. The van der Waals surface area contributed by atoms with E-state index in [2.05, 4.69) is 5.16 Å². The van der Waals surface area contributed by atoms with E-state index in [0.717, 1.165) is 30.4 Å². The Morgan fingerprint density at radius 3 is 2.07 bits per heavy atom. The second-order valence-corrected chi connectivity index (χ2v) is 6.81. The molecule has 0 unspecified atom stereocenters. The summed E-state index contributed by atoms with van der Waals surface area (Å²) in [6, 6.07) is 27.6. The van der Waals surface area contributed by atoms with Crippen LogP contribution in [0.25, 0.3) is 0 Å². The molecule has 0 radical (unpaired) electrons.